The number of para-hydroxylation sites is 1. The van der Waals surface area contributed by atoms with Crippen LogP contribution in [0.25, 0.3) is 33.5 Å². The molecule has 0 saturated heterocycles. The molecule has 0 fully saturated rings. The third kappa shape index (κ3) is 3.03. The highest BCUT2D eigenvalue weighted by atomic mass is 79.9. The Morgan fingerprint density at radius 3 is 1.84 bits per heavy atom. The second kappa shape index (κ2) is 6.33. The van der Waals surface area contributed by atoms with Crippen LogP contribution in [0.1, 0.15) is 0 Å². The number of nitrogens with zero attached hydrogens (tertiary/aromatic N) is 2. The molecule has 0 amide bonds. The van der Waals surface area contributed by atoms with Crippen LogP contribution in [-0.4, -0.2) is 9.97 Å². The number of rotatable bonds is 2. The van der Waals surface area contributed by atoms with Crippen LogP contribution in [0.15, 0.2) is 71.2 Å². The predicted molar refractivity (Wildman–Crippen MR) is 98.0 cm³/mol. The van der Waals surface area contributed by atoms with Crippen molar-refractivity contribution >= 4 is 27.0 Å². The molecule has 1 heterocycles. The van der Waals surface area contributed by atoms with Gasteiger partial charge in [0.1, 0.15) is 17.2 Å². The van der Waals surface area contributed by atoms with Gasteiger partial charge in [0.25, 0.3) is 0 Å². The lowest BCUT2D eigenvalue weighted by Crippen LogP contribution is -1.96. The first-order chi connectivity index (χ1) is 12.1. The average molecular weight is 397 g/mol. The molecule has 0 spiro atoms. The van der Waals surface area contributed by atoms with E-state index in [9.17, 15) is 8.78 Å². The molecule has 4 aromatic rings. The zero-order valence-corrected chi connectivity index (χ0v) is 14.5. The summed E-state index contributed by atoms with van der Waals surface area (Å²) in [6, 6.07) is 17.9. The summed E-state index contributed by atoms with van der Waals surface area (Å²) in [7, 11) is 0. The highest BCUT2D eigenvalue weighted by molar-refractivity contribution is 9.10. The fourth-order valence-corrected chi connectivity index (χ4v) is 3.16. The average Bonchev–Trinajstić information content (AvgIpc) is 2.61. The molecular weight excluding hydrogens is 386 g/mol. The first-order valence-electron chi connectivity index (χ1n) is 7.60. The minimum Gasteiger partial charge on any atom is -0.244 e. The third-order valence-electron chi connectivity index (χ3n) is 3.84. The second-order valence-electron chi connectivity index (χ2n) is 5.55. The topological polar surface area (TPSA) is 25.8 Å². The molecule has 1 aromatic heterocycles. The van der Waals surface area contributed by atoms with E-state index in [1.807, 2.05) is 18.2 Å². The number of halogens is 3. The molecule has 2 nitrogen and oxygen atoms in total. The van der Waals surface area contributed by atoms with Gasteiger partial charge in [-0.15, -0.1) is 0 Å². The van der Waals surface area contributed by atoms with Crippen LogP contribution in [0.4, 0.5) is 8.78 Å². The Balaban J connectivity index is 2.07. The van der Waals surface area contributed by atoms with E-state index < -0.39 is 0 Å². The van der Waals surface area contributed by atoms with Crippen molar-refractivity contribution in [3.63, 3.8) is 0 Å². The van der Waals surface area contributed by atoms with Crippen molar-refractivity contribution in [2.24, 2.45) is 0 Å². The Kier molecular flexibility index (Phi) is 4.01. The summed E-state index contributed by atoms with van der Waals surface area (Å²) in [4.78, 5) is 9.37. The van der Waals surface area contributed by atoms with Crippen molar-refractivity contribution < 1.29 is 8.78 Å². The molecule has 0 aliphatic heterocycles. The van der Waals surface area contributed by atoms with E-state index in [0.717, 1.165) is 4.47 Å². The van der Waals surface area contributed by atoms with E-state index in [1.54, 1.807) is 24.3 Å². The van der Waals surface area contributed by atoms with E-state index in [1.165, 1.54) is 24.3 Å². The molecule has 0 atom stereocenters. The van der Waals surface area contributed by atoms with Crippen LogP contribution in [-0.2, 0) is 0 Å². The van der Waals surface area contributed by atoms with Gasteiger partial charge >= 0.3 is 0 Å². The molecule has 3 aromatic carbocycles. The lowest BCUT2D eigenvalue weighted by molar-refractivity contribution is 0.627. The van der Waals surface area contributed by atoms with Crippen molar-refractivity contribution in [1.82, 2.24) is 9.97 Å². The minimum absolute atomic E-state index is 0.362. The lowest BCUT2D eigenvalue weighted by atomic mass is 10.0. The van der Waals surface area contributed by atoms with Gasteiger partial charge in [0, 0.05) is 15.6 Å². The number of hydrogen-bond acceptors (Lipinski definition) is 2. The van der Waals surface area contributed by atoms with E-state index in [4.69, 9.17) is 4.98 Å². The summed E-state index contributed by atoms with van der Waals surface area (Å²) >= 11 is 3.47. The smallest absolute Gasteiger partial charge is 0.123 e. The monoisotopic (exact) mass is 396 g/mol. The molecule has 5 heteroatoms. The number of aromatic nitrogens is 2. The van der Waals surface area contributed by atoms with Crippen LogP contribution < -0.4 is 0 Å². The lowest BCUT2D eigenvalue weighted by Gasteiger charge is -2.11. The van der Waals surface area contributed by atoms with Crippen molar-refractivity contribution in [1.29, 1.82) is 0 Å². The standard InChI is InChI=1S/C20H11BrF2N2/c21-16-8-3-9-17-20(16)25-19(13-5-2-7-15(23)11-13)18(24-17)12-4-1-6-14(22)10-12/h1-11H. The van der Waals surface area contributed by atoms with Crippen molar-refractivity contribution in [3.8, 4) is 22.5 Å². The van der Waals surface area contributed by atoms with E-state index in [2.05, 4.69) is 20.9 Å². The quantitative estimate of drug-likeness (QED) is 0.414. The molecule has 0 bridgehead atoms. The Hall–Kier alpha value is -2.66. The predicted octanol–water partition coefficient (Wildman–Crippen LogP) is 6.00. The zero-order chi connectivity index (χ0) is 17.4. The molecule has 0 saturated carbocycles. The maximum Gasteiger partial charge on any atom is 0.123 e. The van der Waals surface area contributed by atoms with Crippen LogP contribution >= 0.6 is 15.9 Å². The van der Waals surface area contributed by atoms with Crippen LogP contribution in [0.5, 0.6) is 0 Å². The maximum atomic E-state index is 13.7. The van der Waals surface area contributed by atoms with Gasteiger partial charge in [0.15, 0.2) is 0 Å². The van der Waals surface area contributed by atoms with E-state index in [0.29, 0.717) is 33.5 Å². The molecule has 0 N–H and O–H groups in total. The molecule has 0 aliphatic carbocycles. The summed E-state index contributed by atoms with van der Waals surface area (Å²) in [6.07, 6.45) is 0. The third-order valence-corrected chi connectivity index (χ3v) is 4.48. The van der Waals surface area contributed by atoms with Crippen LogP contribution in [0.3, 0.4) is 0 Å². The summed E-state index contributed by atoms with van der Waals surface area (Å²) in [5.41, 5.74) is 3.54. The summed E-state index contributed by atoms with van der Waals surface area (Å²) in [6.45, 7) is 0. The summed E-state index contributed by atoms with van der Waals surface area (Å²) in [5.74, 6) is -0.726. The van der Waals surface area contributed by atoms with E-state index >= 15 is 0 Å². The second-order valence-corrected chi connectivity index (χ2v) is 6.40. The molecule has 0 radical (unpaired) electrons. The van der Waals surface area contributed by atoms with Gasteiger partial charge in [0.05, 0.1) is 16.9 Å². The molecule has 0 aliphatic rings. The van der Waals surface area contributed by atoms with Gasteiger partial charge in [-0.2, -0.15) is 0 Å². The van der Waals surface area contributed by atoms with Crippen molar-refractivity contribution in [2.75, 3.05) is 0 Å². The Bertz CT molecular complexity index is 1100. The fraction of sp³-hybridized carbons (Fsp3) is 0. The maximum absolute atomic E-state index is 13.7. The molecule has 4 rings (SSSR count). The number of hydrogen-bond donors (Lipinski definition) is 0. The van der Waals surface area contributed by atoms with Gasteiger partial charge in [-0.3, -0.25) is 0 Å². The van der Waals surface area contributed by atoms with Crippen molar-refractivity contribution in [2.45, 2.75) is 0 Å². The van der Waals surface area contributed by atoms with Gasteiger partial charge in [-0.05, 0) is 52.3 Å². The van der Waals surface area contributed by atoms with Gasteiger partial charge < -0.3 is 0 Å². The number of benzene rings is 3. The van der Waals surface area contributed by atoms with Crippen LogP contribution in [0, 0.1) is 11.6 Å². The number of fused-ring (bicyclic) bond motifs is 1. The Morgan fingerprint density at radius 2 is 1.24 bits per heavy atom. The molecule has 0 unspecified atom stereocenters. The highest BCUT2D eigenvalue weighted by Crippen LogP contribution is 2.33. The Labute approximate surface area is 151 Å². The molecule has 122 valence electrons. The highest BCUT2D eigenvalue weighted by Gasteiger charge is 2.15. The van der Waals surface area contributed by atoms with E-state index in [-0.39, 0.29) is 11.6 Å². The first kappa shape index (κ1) is 15.8. The summed E-state index contributed by atoms with van der Waals surface area (Å²) < 4.78 is 28.2. The van der Waals surface area contributed by atoms with Crippen LogP contribution in [0.2, 0.25) is 0 Å². The van der Waals surface area contributed by atoms with Crippen molar-refractivity contribution in [3.05, 3.63) is 82.8 Å². The van der Waals surface area contributed by atoms with Gasteiger partial charge in [-0.25, -0.2) is 18.7 Å². The molecular formula is C20H11BrF2N2. The minimum atomic E-state index is -0.364. The fourth-order valence-electron chi connectivity index (χ4n) is 2.72. The largest absolute Gasteiger partial charge is 0.244 e. The first-order valence-corrected chi connectivity index (χ1v) is 8.39. The van der Waals surface area contributed by atoms with Gasteiger partial charge in [-0.1, -0.05) is 30.3 Å². The molecule has 25 heavy (non-hydrogen) atoms. The SMILES string of the molecule is Fc1cccc(-c2nc3cccc(Br)c3nc2-c2cccc(F)c2)c1. The summed E-state index contributed by atoms with van der Waals surface area (Å²) in [5, 5.41) is 0. The normalized spacial score (nSPS) is 11.0. The van der Waals surface area contributed by atoms with Gasteiger partial charge in [0.2, 0.25) is 0 Å². The zero-order valence-electron chi connectivity index (χ0n) is 12.9. The Morgan fingerprint density at radius 1 is 0.680 bits per heavy atom.